The van der Waals surface area contributed by atoms with Gasteiger partial charge in [-0.1, -0.05) is 18.2 Å². The van der Waals surface area contributed by atoms with E-state index < -0.39 is 0 Å². The van der Waals surface area contributed by atoms with E-state index in [0.717, 1.165) is 17.8 Å². The van der Waals surface area contributed by atoms with Gasteiger partial charge in [-0.15, -0.1) is 10.2 Å². The Morgan fingerprint density at radius 2 is 2.10 bits per heavy atom. The number of aromatic amines is 1. The highest BCUT2D eigenvalue weighted by Crippen LogP contribution is 2.23. The summed E-state index contributed by atoms with van der Waals surface area (Å²) < 4.78 is 2.03. The van der Waals surface area contributed by atoms with Crippen molar-refractivity contribution in [3.63, 3.8) is 0 Å². The van der Waals surface area contributed by atoms with E-state index in [1.165, 1.54) is 10.9 Å². The summed E-state index contributed by atoms with van der Waals surface area (Å²) in [7, 11) is 0. The molecular formula is C15H19N5. The first-order chi connectivity index (χ1) is 9.66. The fourth-order valence-corrected chi connectivity index (χ4v) is 2.54. The minimum atomic E-state index is -0.154. The van der Waals surface area contributed by atoms with Gasteiger partial charge in [0.2, 0.25) is 0 Å². The van der Waals surface area contributed by atoms with Crippen molar-refractivity contribution in [3.8, 4) is 0 Å². The Bertz CT molecular complexity index is 710. The van der Waals surface area contributed by atoms with Crippen LogP contribution in [-0.2, 0) is 6.42 Å². The number of hydrogen-bond donors (Lipinski definition) is 2. The van der Waals surface area contributed by atoms with Crippen LogP contribution in [-0.4, -0.2) is 19.7 Å². The van der Waals surface area contributed by atoms with E-state index in [4.69, 9.17) is 5.73 Å². The monoisotopic (exact) mass is 269 g/mol. The lowest BCUT2D eigenvalue weighted by Crippen LogP contribution is -2.19. The molecule has 0 aliphatic carbocycles. The molecule has 2 aromatic heterocycles. The summed E-state index contributed by atoms with van der Waals surface area (Å²) in [5.41, 5.74) is 8.68. The molecule has 1 aromatic carbocycles. The van der Waals surface area contributed by atoms with Gasteiger partial charge in [-0.3, -0.25) is 0 Å². The van der Waals surface area contributed by atoms with E-state index in [1.807, 2.05) is 22.9 Å². The summed E-state index contributed by atoms with van der Waals surface area (Å²) in [6.07, 6.45) is 4.52. The normalized spacial score (nSPS) is 13.2. The highest BCUT2D eigenvalue weighted by molar-refractivity contribution is 5.83. The molecule has 5 nitrogen and oxygen atoms in total. The lowest BCUT2D eigenvalue weighted by atomic mass is 10.0. The number of nitrogens with two attached hydrogens (primary N) is 1. The molecule has 0 spiro atoms. The first-order valence-corrected chi connectivity index (χ1v) is 6.87. The smallest absolute Gasteiger partial charge is 0.150 e. The lowest BCUT2D eigenvalue weighted by molar-refractivity contribution is 0.528. The maximum absolute atomic E-state index is 6.32. The average Bonchev–Trinajstić information content (AvgIpc) is 3.06. The summed E-state index contributed by atoms with van der Waals surface area (Å²) in [6, 6.07) is 8.41. The Labute approximate surface area is 117 Å². The van der Waals surface area contributed by atoms with E-state index in [2.05, 4.69) is 41.2 Å². The van der Waals surface area contributed by atoms with Gasteiger partial charge in [0.15, 0.2) is 0 Å². The number of H-pyrrole nitrogens is 1. The zero-order valence-corrected chi connectivity index (χ0v) is 11.7. The Morgan fingerprint density at radius 1 is 1.30 bits per heavy atom. The second-order valence-corrected chi connectivity index (χ2v) is 5.36. The average molecular weight is 269 g/mol. The molecule has 0 unspecified atom stereocenters. The van der Waals surface area contributed by atoms with E-state index >= 15 is 0 Å². The van der Waals surface area contributed by atoms with E-state index in [1.54, 1.807) is 6.33 Å². The van der Waals surface area contributed by atoms with Gasteiger partial charge in [-0.05, 0) is 31.9 Å². The minimum absolute atomic E-state index is 0.154. The van der Waals surface area contributed by atoms with Gasteiger partial charge in [0.1, 0.15) is 12.2 Å². The van der Waals surface area contributed by atoms with Crippen molar-refractivity contribution in [3.05, 3.63) is 48.2 Å². The number of hydrogen-bond acceptors (Lipinski definition) is 3. The third-order valence-electron chi connectivity index (χ3n) is 3.60. The quantitative estimate of drug-likeness (QED) is 0.764. The minimum Gasteiger partial charge on any atom is -0.361 e. The molecule has 0 saturated carbocycles. The van der Waals surface area contributed by atoms with Crippen molar-refractivity contribution < 1.29 is 0 Å². The number of aromatic nitrogens is 4. The van der Waals surface area contributed by atoms with Crippen LogP contribution in [0.5, 0.6) is 0 Å². The molecule has 0 saturated heterocycles. The number of nitrogens with zero attached hydrogens (tertiary/aromatic N) is 3. The highest BCUT2D eigenvalue weighted by atomic mass is 15.3. The van der Waals surface area contributed by atoms with Gasteiger partial charge >= 0.3 is 0 Å². The fraction of sp³-hybridized carbons (Fsp3) is 0.333. The van der Waals surface area contributed by atoms with Crippen LogP contribution in [0.25, 0.3) is 10.9 Å². The van der Waals surface area contributed by atoms with E-state index in [0.29, 0.717) is 6.04 Å². The zero-order valence-electron chi connectivity index (χ0n) is 11.7. The molecule has 0 radical (unpaired) electrons. The summed E-state index contributed by atoms with van der Waals surface area (Å²) in [6.45, 7) is 4.20. The largest absolute Gasteiger partial charge is 0.361 e. The van der Waals surface area contributed by atoms with Crippen molar-refractivity contribution in [2.45, 2.75) is 32.4 Å². The van der Waals surface area contributed by atoms with Gasteiger partial charge in [-0.2, -0.15) is 0 Å². The topological polar surface area (TPSA) is 72.5 Å². The van der Waals surface area contributed by atoms with Crippen molar-refractivity contribution in [1.82, 2.24) is 19.7 Å². The number of para-hydroxylation sites is 1. The van der Waals surface area contributed by atoms with Crippen LogP contribution in [0.3, 0.4) is 0 Å². The molecule has 3 rings (SSSR count). The van der Waals surface area contributed by atoms with Crippen LogP contribution >= 0.6 is 0 Å². The molecule has 0 bridgehead atoms. The van der Waals surface area contributed by atoms with Crippen molar-refractivity contribution in [1.29, 1.82) is 0 Å². The summed E-state index contributed by atoms with van der Waals surface area (Å²) in [4.78, 5) is 3.28. The molecule has 104 valence electrons. The third-order valence-corrected chi connectivity index (χ3v) is 3.60. The predicted molar refractivity (Wildman–Crippen MR) is 79.3 cm³/mol. The molecule has 1 atom stereocenters. The number of fused-ring (bicyclic) bond motifs is 1. The van der Waals surface area contributed by atoms with Gasteiger partial charge < -0.3 is 15.3 Å². The van der Waals surface area contributed by atoms with Gasteiger partial charge in [0.05, 0.1) is 6.04 Å². The molecule has 0 amide bonds. The molecule has 0 aliphatic heterocycles. The van der Waals surface area contributed by atoms with Crippen molar-refractivity contribution in [2.24, 2.45) is 5.73 Å². The number of rotatable bonds is 4. The van der Waals surface area contributed by atoms with Crippen LogP contribution < -0.4 is 5.73 Å². The van der Waals surface area contributed by atoms with Crippen LogP contribution in [0.15, 0.2) is 36.8 Å². The van der Waals surface area contributed by atoms with Crippen LogP contribution in [0.4, 0.5) is 0 Å². The van der Waals surface area contributed by atoms with Crippen LogP contribution in [0.2, 0.25) is 0 Å². The van der Waals surface area contributed by atoms with Gasteiger partial charge in [0.25, 0.3) is 0 Å². The Balaban J connectivity index is 1.89. The van der Waals surface area contributed by atoms with Crippen molar-refractivity contribution >= 4 is 10.9 Å². The maximum Gasteiger partial charge on any atom is 0.150 e. The molecular weight excluding hydrogens is 250 g/mol. The lowest BCUT2D eigenvalue weighted by Gasteiger charge is -2.15. The Morgan fingerprint density at radius 3 is 2.90 bits per heavy atom. The van der Waals surface area contributed by atoms with Gasteiger partial charge in [0, 0.05) is 23.1 Å². The van der Waals surface area contributed by atoms with E-state index in [9.17, 15) is 0 Å². The Hall–Kier alpha value is -2.14. The summed E-state index contributed by atoms with van der Waals surface area (Å²) in [5.74, 6) is 0.838. The third kappa shape index (κ3) is 2.20. The van der Waals surface area contributed by atoms with Crippen LogP contribution in [0.1, 0.15) is 37.3 Å². The van der Waals surface area contributed by atoms with Crippen molar-refractivity contribution in [2.75, 3.05) is 0 Å². The first kappa shape index (κ1) is 12.9. The second-order valence-electron chi connectivity index (χ2n) is 5.36. The first-order valence-electron chi connectivity index (χ1n) is 6.87. The second kappa shape index (κ2) is 5.09. The molecule has 2 heterocycles. The molecule has 0 aliphatic rings. The zero-order chi connectivity index (χ0) is 14.1. The Kier molecular flexibility index (Phi) is 3.28. The number of benzene rings is 1. The molecule has 0 fully saturated rings. The summed E-state index contributed by atoms with van der Waals surface area (Å²) >= 11 is 0. The maximum atomic E-state index is 6.32. The molecule has 20 heavy (non-hydrogen) atoms. The molecule has 5 heteroatoms. The fourth-order valence-electron chi connectivity index (χ4n) is 2.54. The van der Waals surface area contributed by atoms with Gasteiger partial charge in [-0.25, -0.2) is 0 Å². The summed E-state index contributed by atoms with van der Waals surface area (Å²) in [5, 5.41) is 9.38. The highest BCUT2D eigenvalue weighted by Gasteiger charge is 2.17. The molecule has 3 aromatic rings. The number of nitrogens with one attached hydrogen (secondary N) is 1. The standard InChI is InChI=1S/C15H19N5/c1-10(2)20-9-18-19-15(20)13(16)7-11-8-17-14-6-4-3-5-12(11)14/h3-6,8-10,13,17H,7,16H2,1-2H3/t13-/m1/s1. The molecule has 3 N–H and O–H groups in total. The SMILES string of the molecule is CC(C)n1cnnc1[C@H](N)Cc1c[nH]c2ccccc12. The predicted octanol–water partition coefficient (Wildman–Crippen LogP) is 2.58. The van der Waals surface area contributed by atoms with Crippen LogP contribution in [0, 0.1) is 0 Å². The van der Waals surface area contributed by atoms with E-state index in [-0.39, 0.29) is 6.04 Å².